The minimum absolute atomic E-state index is 0. The fourth-order valence-electron chi connectivity index (χ4n) is 10.4. The van der Waals surface area contributed by atoms with Gasteiger partial charge in [-0.05, 0) is 117 Å². The Morgan fingerprint density at radius 1 is 0.722 bits per heavy atom. The van der Waals surface area contributed by atoms with E-state index in [4.69, 9.17) is 13.8 Å². The Bertz CT molecular complexity index is 3760. The molecule has 0 unspecified atom stereocenters. The van der Waals surface area contributed by atoms with Gasteiger partial charge in [0.05, 0.1) is 30.5 Å². The summed E-state index contributed by atoms with van der Waals surface area (Å²) in [7, 11) is -2.39. The van der Waals surface area contributed by atoms with E-state index in [2.05, 4.69) is 184 Å². The molecule has 4 aromatic heterocycles. The van der Waals surface area contributed by atoms with Gasteiger partial charge in [0, 0.05) is 52.2 Å². The third-order valence-corrected chi connectivity index (χ3v) is 20.0. The van der Waals surface area contributed by atoms with E-state index in [9.17, 15) is 1.37 Å². The molecule has 1 radical (unpaired) electrons. The maximum absolute atomic E-state index is 9.40. The molecule has 0 spiro atoms. The molecule has 7 aromatic carbocycles. The summed E-state index contributed by atoms with van der Waals surface area (Å²) in [4.78, 5) is 14.4. The summed E-state index contributed by atoms with van der Waals surface area (Å²) in [6, 6.07) is 56.0. The normalized spacial score (nSPS) is 14.8. The molecule has 5 heterocycles. The van der Waals surface area contributed by atoms with Crippen LogP contribution in [-0.4, -0.2) is 35.7 Å². The number of benzene rings is 7. The van der Waals surface area contributed by atoms with Crippen LogP contribution < -0.4 is 5.19 Å². The number of aromatic nitrogens is 4. The van der Waals surface area contributed by atoms with E-state index >= 15 is 0 Å². The van der Waals surface area contributed by atoms with Crippen LogP contribution in [-0.2, 0) is 20.1 Å². The van der Waals surface area contributed by atoms with E-state index < -0.39 is 22.0 Å². The molecular weight excluding hydrogens is 1090 g/mol. The smallest absolute Gasteiger partial charge is 0.182 e. The van der Waals surface area contributed by atoms with Gasteiger partial charge in [0.1, 0.15) is 11.1 Å². The van der Waals surface area contributed by atoms with Crippen LogP contribution in [0, 0.1) is 12.1 Å². The van der Waals surface area contributed by atoms with Crippen LogP contribution in [0.5, 0.6) is 0 Å². The maximum Gasteiger partial charge on any atom is 0.182 e. The van der Waals surface area contributed by atoms with Crippen molar-refractivity contribution in [3.63, 3.8) is 0 Å². The van der Waals surface area contributed by atoms with Gasteiger partial charge in [0.25, 0.3) is 0 Å². The van der Waals surface area contributed by atoms with Crippen molar-refractivity contribution in [3.8, 4) is 39.5 Å². The quantitative estimate of drug-likeness (QED) is 0.112. The third kappa shape index (κ3) is 9.37. The van der Waals surface area contributed by atoms with Gasteiger partial charge in [-0.3, -0.25) is 4.98 Å². The van der Waals surface area contributed by atoms with Gasteiger partial charge in [0.15, 0.2) is 12.0 Å². The van der Waals surface area contributed by atoms with Crippen LogP contribution in [0.25, 0.3) is 94.3 Å². The van der Waals surface area contributed by atoms with Crippen molar-refractivity contribution in [3.05, 3.63) is 175 Å². The molecule has 365 valence electrons. The van der Waals surface area contributed by atoms with Crippen molar-refractivity contribution >= 4 is 76.2 Å². The van der Waals surface area contributed by atoms with Gasteiger partial charge in [-0.15, -0.1) is 54.1 Å². The second-order valence-electron chi connectivity index (χ2n) is 21.9. The average molecular weight is 1160 g/mol. The fourth-order valence-corrected chi connectivity index (χ4v) is 13.7. The summed E-state index contributed by atoms with van der Waals surface area (Å²) in [6.45, 7) is 21.1. The predicted molar refractivity (Wildman–Crippen MR) is 302 cm³/mol. The number of rotatable bonds is 8. The minimum Gasteiger partial charge on any atom is -0.501 e. The third-order valence-electron chi connectivity index (χ3n) is 14.7. The molecule has 1 aliphatic rings. The summed E-state index contributed by atoms with van der Waals surface area (Å²) in [5.41, 5.74) is 15.2. The first-order chi connectivity index (χ1) is 34.5. The second-order valence-corrected chi connectivity index (χ2v) is 32.3. The summed E-state index contributed by atoms with van der Waals surface area (Å²) < 4.78 is 24.2. The van der Waals surface area contributed by atoms with Gasteiger partial charge >= 0.3 is 0 Å². The first-order valence-corrected chi connectivity index (χ1v) is 32.2. The second kappa shape index (κ2) is 19.7. The summed E-state index contributed by atoms with van der Waals surface area (Å²) in [5, 5.41) is 5.54. The van der Waals surface area contributed by atoms with Gasteiger partial charge in [0.2, 0.25) is 0 Å². The Morgan fingerprint density at radius 3 is 2.14 bits per heavy atom. The zero-order valence-electron chi connectivity index (χ0n) is 43.8. The number of pyridine rings is 1. The maximum atomic E-state index is 9.40. The number of hydrogen-bond donors (Lipinski definition) is 0. The number of oxazole rings is 1. The van der Waals surface area contributed by atoms with Crippen molar-refractivity contribution in [2.45, 2.75) is 103 Å². The minimum atomic E-state index is -1.23. The molecule has 0 N–H and O–H groups in total. The predicted octanol–water partition coefficient (Wildman–Crippen LogP) is 17.3. The van der Waals surface area contributed by atoms with Crippen LogP contribution in [0.15, 0.2) is 155 Å². The van der Waals surface area contributed by atoms with Gasteiger partial charge in [-0.2, -0.15) is 0 Å². The number of furan rings is 1. The Balaban J connectivity index is 0.000000307. The first kappa shape index (κ1) is 48.1. The van der Waals surface area contributed by atoms with E-state index in [1.807, 2.05) is 42.6 Å². The number of imidazole rings is 1. The van der Waals surface area contributed by atoms with E-state index in [1.165, 1.54) is 51.6 Å². The topological polar surface area (TPSA) is 69.9 Å². The van der Waals surface area contributed by atoms with Crippen molar-refractivity contribution in [2.24, 2.45) is 0 Å². The molecule has 11 aromatic rings. The number of nitrogens with zero attached hydrogens (tertiary/aromatic N) is 4. The number of para-hydroxylation sites is 2. The molecule has 72 heavy (non-hydrogen) atoms. The summed E-state index contributed by atoms with van der Waals surface area (Å²) in [6.07, 6.45) is 5.45. The van der Waals surface area contributed by atoms with Crippen LogP contribution in [0.2, 0.25) is 44.8 Å². The molecule has 0 amide bonds. The molecular formula is C63H62IrN4O2Si2-2. The van der Waals surface area contributed by atoms with Crippen LogP contribution in [0.4, 0.5) is 0 Å². The van der Waals surface area contributed by atoms with Crippen LogP contribution in [0.1, 0.15) is 76.3 Å². The zero-order chi connectivity index (χ0) is 50.1. The summed E-state index contributed by atoms with van der Waals surface area (Å²) >= 11 is 0. The molecule has 1 aliphatic heterocycles. The number of fused-ring (bicyclic) bond motifs is 7. The van der Waals surface area contributed by atoms with Gasteiger partial charge < -0.3 is 18.4 Å². The van der Waals surface area contributed by atoms with Crippen molar-refractivity contribution in [1.82, 2.24) is 19.5 Å². The van der Waals surface area contributed by atoms with E-state index in [0.29, 0.717) is 0 Å². The fraction of sp³-hybridized carbons (Fsp3) is 0.254. The van der Waals surface area contributed by atoms with Gasteiger partial charge in [-0.25, -0.2) is 4.98 Å². The number of hydrogen-bond acceptors (Lipinski definition) is 5. The Morgan fingerprint density at radius 2 is 1.46 bits per heavy atom. The van der Waals surface area contributed by atoms with E-state index in [0.717, 1.165) is 95.9 Å². The Labute approximate surface area is 440 Å². The standard InChI is InChI=1S/C49H46N3O2Si.C14H16NSi.Ir/c1-29(2)38-25-35(32-16-14-31(15-17-32)33-20-22-55(5,6)23-21-33)26-39(30(3)4)47(38)52-43-13-8-7-12-42(43)51-49(52)37-11-9-10-36-41-24-34-18-19-44-46(50-28-53-44)40(34)27-45(41)54-48(36)37;1-16(2,3)13-9-10-14(15-11-13)12-7-5-4-6-8-12;/h7-10,12-19,24-30,33H,20-23H2,1-6H3;4-7,9-11H,1-3H3;/q2*-1;/i33D;;. The SMILES string of the molecule is C[Si](C)(C)c1ccc(-c2[c-]cccc2)nc1.[2H]C1(c2ccc(-c3cc(C(C)C)c(-n4c(-c5[c-]ccc6c5oc5cc7c(ccc8ocnc87)cc56)nc5ccccc54)c(C(C)C)c3)cc2)CC[Si](C)(C)CC1.[Ir]. The molecule has 9 heteroatoms. The van der Waals surface area contributed by atoms with E-state index in [-0.39, 0.29) is 31.9 Å². The van der Waals surface area contributed by atoms with Crippen LogP contribution in [0.3, 0.4) is 0 Å². The molecule has 1 fully saturated rings. The Hall–Kier alpha value is -6.23. The van der Waals surface area contributed by atoms with Crippen molar-refractivity contribution in [2.75, 3.05) is 0 Å². The Kier molecular flexibility index (Phi) is 13.1. The molecule has 12 rings (SSSR count). The van der Waals surface area contributed by atoms with Crippen LogP contribution >= 0.6 is 0 Å². The van der Waals surface area contributed by atoms with E-state index in [1.54, 1.807) is 0 Å². The zero-order valence-corrected chi connectivity index (χ0v) is 47.2. The summed E-state index contributed by atoms with van der Waals surface area (Å²) in [5.74, 6) is 0.786. The molecule has 0 saturated carbocycles. The van der Waals surface area contributed by atoms with Crippen molar-refractivity contribution in [1.29, 1.82) is 0 Å². The average Bonchev–Trinajstić information content (AvgIpc) is 4.12. The molecule has 0 aliphatic carbocycles. The largest absolute Gasteiger partial charge is 0.501 e. The molecule has 0 bridgehead atoms. The van der Waals surface area contributed by atoms with Gasteiger partial charge in [-0.1, -0.05) is 138 Å². The first-order valence-electron chi connectivity index (χ1n) is 25.8. The molecule has 1 saturated heterocycles. The van der Waals surface area contributed by atoms with Crippen molar-refractivity contribution < 1.29 is 30.3 Å². The molecule has 6 nitrogen and oxygen atoms in total. The monoisotopic (exact) mass is 1160 g/mol. The molecule has 0 atom stereocenters.